The van der Waals surface area contributed by atoms with Crippen molar-refractivity contribution >= 4 is 15.9 Å². The van der Waals surface area contributed by atoms with E-state index in [0.717, 1.165) is 22.9 Å². The van der Waals surface area contributed by atoms with Crippen LogP contribution in [0.3, 0.4) is 0 Å². The maximum absolute atomic E-state index is 12.8. The van der Waals surface area contributed by atoms with Gasteiger partial charge in [0.1, 0.15) is 5.82 Å². The predicted octanol–water partition coefficient (Wildman–Crippen LogP) is 2.49. The van der Waals surface area contributed by atoms with Gasteiger partial charge in [-0.15, -0.1) is 0 Å². The van der Waals surface area contributed by atoms with Crippen molar-refractivity contribution in [3.8, 4) is 0 Å². The summed E-state index contributed by atoms with van der Waals surface area (Å²) in [5, 5.41) is 0. The molecular formula is C11H15BrFNO. The number of methoxy groups -OCH3 is 1. The molecule has 0 amide bonds. The summed E-state index contributed by atoms with van der Waals surface area (Å²) in [5.41, 5.74) is 6.93. The first-order chi connectivity index (χ1) is 7.13. The van der Waals surface area contributed by atoms with Gasteiger partial charge in [0.25, 0.3) is 0 Å². The smallest absolute Gasteiger partial charge is 0.124 e. The van der Waals surface area contributed by atoms with E-state index in [9.17, 15) is 4.39 Å². The fourth-order valence-electron chi connectivity index (χ4n) is 1.34. The molecule has 2 N–H and O–H groups in total. The fourth-order valence-corrected chi connectivity index (χ4v) is 1.85. The standard InChI is InChI=1S/C11H15BrFNO/c1-15-5-4-10(14)6-8-2-3-9(13)7-11(8)12/h2-3,7,10H,4-6,14H2,1H3. The first-order valence-corrected chi connectivity index (χ1v) is 5.61. The second-order valence-corrected chi connectivity index (χ2v) is 4.34. The van der Waals surface area contributed by atoms with E-state index in [4.69, 9.17) is 10.5 Å². The van der Waals surface area contributed by atoms with E-state index in [1.54, 1.807) is 13.2 Å². The van der Waals surface area contributed by atoms with Crippen LogP contribution in [0, 0.1) is 5.82 Å². The van der Waals surface area contributed by atoms with Gasteiger partial charge in [0.15, 0.2) is 0 Å². The van der Waals surface area contributed by atoms with Crippen molar-refractivity contribution in [3.63, 3.8) is 0 Å². The van der Waals surface area contributed by atoms with Crippen molar-refractivity contribution in [2.45, 2.75) is 18.9 Å². The maximum atomic E-state index is 12.8. The number of hydrogen-bond donors (Lipinski definition) is 1. The normalized spacial score (nSPS) is 12.8. The molecule has 0 bridgehead atoms. The second-order valence-electron chi connectivity index (χ2n) is 3.48. The molecule has 0 fully saturated rings. The molecule has 0 aliphatic heterocycles. The van der Waals surface area contributed by atoms with Crippen LogP contribution in [0.15, 0.2) is 22.7 Å². The lowest BCUT2D eigenvalue weighted by Gasteiger charge is -2.12. The summed E-state index contributed by atoms with van der Waals surface area (Å²) in [6, 6.07) is 4.71. The van der Waals surface area contributed by atoms with Gasteiger partial charge in [-0.1, -0.05) is 22.0 Å². The van der Waals surface area contributed by atoms with Gasteiger partial charge in [0.2, 0.25) is 0 Å². The van der Waals surface area contributed by atoms with E-state index in [1.165, 1.54) is 12.1 Å². The number of nitrogens with two attached hydrogens (primary N) is 1. The number of halogens is 2. The Morgan fingerprint density at radius 1 is 1.53 bits per heavy atom. The summed E-state index contributed by atoms with van der Waals surface area (Å²) in [7, 11) is 1.65. The van der Waals surface area contributed by atoms with E-state index in [0.29, 0.717) is 6.61 Å². The van der Waals surface area contributed by atoms with Gasteiger partial charge in [-0.3, -0.25) is 0 Å². The third-order valence-corrected chi connectivity index (χ3v) is 2.93. The Morgan fingerprint density at radius 3 is 2.87 bits per heavy atom. The first kappa shape index (κ1) is 12.6. The Morgan fingerprint density at radius 2 is 2.27 bits per heavy atom. The van der Waals surface area contributed by atoms with E-state index in [2.05, 4.69) is 15.9 Å². The van der Waals surface area contributed by atoms with Crippen molar-refractivity contribution in [1.29, 1.82) is 0 Å². The molecule has 0 radical (unpaired) electrons. The highest BCUT2D eigenvalue weighted by atomic mass is 79.9. The molecule has 15 heavy (non-hydrogen) atoms. The van der Waals surface area contributed by atoms with Crippen molar-refractivity contribution in [2.24, 2.45) is 5.73 Å². The topological polar surface area (TPSA) is 35.2 Å². The largest absolute Gasteiger partial charge is 0.385 e. The van der Waals surface area contributed by atoms with Crippen LogP contribution in [-0.4, -0.2) is 19.8 Å². The molecule has 0 saturated heterocycles. The van der Waals surface area contributed by atoms with Crippen LogP contribution in [-0.2, 0) is 11.2 Å². The van der Waals surface area contributed by atoms with Crippen LogP contribution in [0.2, 0.25) is 0 Å². The van der Waals surface area contributed by atoms with Gasteiger partial charge >= 0.3 is 0 Å². The van der Waals surface area contributed by atoms with Gasteiger partial charge < -0.3 is 10.5 Å². The van der Waals surface area contributed by atoms with Gasteiger partial charge in [0.05, 0.1) is 0 Å². The lowest BCUT2D eigenvalue weighted by atomic mass is 10.0. The lowest BCUT2D eigenvalue weighted by Crippen LogP contribution is -2.24. The minimum Gasteiger partial charge on any atom is -0.385 e. The molecular weight excluding hydrogens is 261 g/mol. The highest BCUT2D eigenvalue weighted by Gasteiger charge is 2.07. The van der Waals surface area contributed by atoms with Crippen molar-refractivity contribution in [3.05, 3.63) is 34.1 Å². The molecule has 0 aliphatic rings. The Kier molecular flexibility index (Phi) is 5.22. The van der Waals surface area contributed by atoms with Crippen LogP contribution < -0.4 is 5.73 Å². The lowest BCUT2D eigenvalue weighted by molar-refractivity contribution is 0.188. The fraction of sp³-hybridized carbons (Fsp3) is 0.455. The highest BCUT2D eigenvalue weighted by molar-refractivity contribution is 9.10. The summed E-state index contributed by atoms with van der Waals surface area (Å²) < 4.78 is 18.5. The third-order valence-electron chi connectivity index (χ3n) is 2.19. The Bertz CT molecular complexity index is 319. The average Bonchev–Trinajstić information content (AvgIpc) is 2.19. The number of hydrogen-bond acceptors (Lipinski definition) is 2. The van der Waals surface area contributed by atoms with Gasteiger partial charge in [0, 0.05) is 24.2 Å². The summed E-state index contributed by atoms with van der Waals surface area (Å²) in [5.74, 6) is -0.240. The summed E-state index contributed by atoms with van der Waals surface area (Å²) >= 11 is 3.32. The van der Waals surface area contributed by atoms with Gasteiger partial charge in [-0.2, -0.15) is 0 Å². The second kappa shape index (κ2) is 6.20. The molecule has 0 aromatic heterocycles. The minimum atomic E-state index is -0.240. The molecule has 1 unspecified atom stereocenters. The third kappa shape index (κ3) is 4.28. The van der Waals surface area contributed by atoms with E-state index in [-0.39, 0.29) is 11.9 Å². The van der Waals surface area contributed by atoms with Gasteiger partial charge in [-0.05, 0) is 30.5 Å². The highest BCUT2D eigenvalue weighted by Crippen LogP contribution is 2.19. The summed E-state index contributed by atoms with van der Waals surface area (Å²) in [4.78, 5) is 0. The zero-order valence-corrected chi connectivity index (χ0v) is 10.3. The molecule has 84 valence electrons. The minimum absolute atomic E-state index is 0.0479. The Balaban J connectivity index is 2.56. The SMILES string of the molecule is COCCC(N)Cc1ccc(F)cc1Br. The molecule has 0 aliphatic carbocycles. The maximum Gasteiger partial charge on any atom is 0.124 e. The zero-order valence-electron chi connectivity index (χ0n) is 8.67. The molecule has 1 aromatic carbocycles. The number of ether oxygens (including phenoxy) is 1. The molecule has 2 nitrogen and oxygen atoms in total. The van der Waals surface area contributed by atoms with E-state index in [1.807, 2.05) is 0 Å². The first-order valence-electron chi connectivity index (χ1n) is 4.82. The Labute approximate surface area is 97.7 Å². The molecule has 1 aromatic rings. The van der Waals surface area contributed by atoms with Gasteiger partial charge in [-0.25, -0.2) is 4.39 Å². The number of benzene rings is 1. The Hall–Kier alpha value is -0.450. The molecule has 4 heteroatoms. The molecule has 0 heterocycles. The van der Waals surface area contributed by atoms with Crippen LogP contribution in [0.1, 0.15) is 12.0 Å². The van der Waals surface area contributed by atoms with Crippen molar-refractivity contribution < 1.29 is 9.13 Å². The summed E-state index contributed by atoms with van der Waals surface area (Å²) in [6.07, 6.45) is 1.53. The van der Waals surface area contributed by atoms with Crippen LogP contribution in [0.5, 0.6) is 0 Å². The predicted molar refractivity (Wildman–Crippen MR) is 62.3 cm³/mol. The summed E-state index contributed by atoms with van der Waals surface area (Å²) in [6.45, 7) is 0.653. The van der Waals surface area contributed by atoms with E-state index < -0.39 is 0 Å². The molecule has 1 atom stereocenters. The van der Waals surface area contributed by atoms with Crippen molar-refractivity contribution in [2.75, 3.05) is 13.7 Å². The van der Waals surface area contributed by atoms with Crippen LogP contribution in [0.4, 0.5) is 4.39 Å². The molecule has 0 spiro atoms. The van der Waals surface area contributed by atoms with Crippen LogP contribution in [0.25, 0.3) is 0 Å². The molecule has 1 rings (SSSR count). The van der Waals surface area contributed by atoms with E-state index >= 15 is 0 Å². The van der Waals surface area contributed by atoms with Crippen LogP contribution >= 0.6 is 15.9 Å². The zero-order chi connectivity index (χ0) is 11.3. The van der Waals surface area contributed by atoms with Crippen molar-refractivity contribution in [1.82, 2.24) is 0 Å². The monoisotopic (exact) mass is 275 g/mol. The quantitative estimate of drug-likeness (QED) is 0.896. The number of rotatable bonds is 5. The average molecular weight is 276 g/mol. The molecule has 0 saturated carbocycles.